The molecule has 2 aliphatic heterocycles. The molecule has 2 aliphatic rings. The Morgan fingerprint density at radius 2 is 2.03 bits per heavy atom. The first kappa shape index (κ1) is 23.8. The molecule has 10 heteroatoms. The predicted molar refractivity (Wildman–Crippen MR) is 111 cm³/mol. The number of sulfonamides is 1. The largest absolute Gasteiger partial charge is 0.417 e. The molecule has 0 saturated carbocycles. The number of nitrogens with zero attached hydrogens (tertiary/aromatic N) is 3. The molecule has 0 spiro atoms. The van der Waals surface area contributed by atoms with Crippen LogP contribution in [0.2, 0.25) is 0 Å². The van der Waals surface area contributed by atoms with E-state index in [1.54, 1.807) is 6.07 Å². The van der Waals surface area contributed by atoms with Gasteiger partial charge in [0, 0.05) is 43.9 Å². The summed E-state index contributed by atoms with van der Waals surface area (Å²) in [5.74, 6) is 0.0383. The molecule has 0 aromatic heterocycles. The lowest BCUT2D eigenvalue weighted by Crippen LogP contribution is -2.51. The van der Waals surface area contributed by atoms with Gasteiger partial charge in [-0.2, -0.15) is 18.4 Å². The lowest BCUT2D eigenvalue weighted by Gasteiger charge is -2.42. The highest BCUT2D eigenvalue weighted by molar-refractivity contribution is 7.89. The number of nitriles is 1. The van der Waals surface area contributed by atoms with Crippen LogP contribution in [0.1, 0.15) is 37.8 Å². The zero-order valence-electron chi connectivity index (χ0n) is 17.8. The Kier molecular flexibility index (Phi) is 6.89. The van der Waals surface area contributed by atoms with Crippen LogP contribution in [-0.4, -0.2) is 57.9 Å². The van der Waals surface area contributed by atoms with Gasteiger partial charge in [-0.25, -0.2) is 12.7 Å². The summed E-state index contributed by atoms with van der Waals surface area (Å²) < 4.78 is 72.7. The number of piperidine rings is 1. The van der Waals surface area contributed by atoms with Crippen molar-refractivity contribution in [1.29, 1.82) is 5.26 Å². The van der Waals surface area contributed by atoms with Gasteiger partial charge < -0.3 is 9.64 Å². The maximum absolute atomic E-state index is 13.4. The first-order valence-corrected chi connectivity index (χ1v) is 12.1. The summed E-state index contributed by atoms with van der Waals surface area (Å²) in [5, 5.41) is 9.05. The van der Waals surface area contributed by atoms with Crippen molar-refractivity contribution < 1.29 is 26.3 Å². The van der Waals surface area contributed by atoms with Gasteiger partial charge in [-0.05, 0) is 43.9 Å². The molecule has 3 rings (SSSR count). The van der Waals surface area contributed by atoms with Crippen molar-refractivity contribution in [3.05, 3.63) is 29.3 Å². The number of rotatable bonds is 7. The Labute approximate surface area is 181 Å². The first-order chi connectivity index (χ1) is 14.6. The van der Waals surface area contributed by atoms with Gasteiger partial charge in [-0.15, -0.1) is 0 Å². The van der Waals surface area contributed by atoms with Crippen molar-refractivity contribution in [3.8, 4) is 6.07 Å². The molecule has 2 saturated heterocycles. The van der Waals surface area contributed by atoms with Crippen molar-refractivity contribution in [3.63, 3.8) is 0 Å². The fourth-order valence-electron chi connectivity index (χ4n) is 4.69. The van der Waals surface area contributed by atoms with Crippen LogP contribution >= 0.6 is 0 Å². The van der Waals surface area contributed by atoms with Gasteiger partial charge in [0.15, 0.2) is 0 Å². The number of hydrogen-bond donors (Lipinski definition) is 0. The third kappa shape index (κ3) is 4.83. The molecule has 0 bridgehead atoms. The molecule has 6 nitrogen and oxygen atoms in total. The Balaban J connectivity index is 1.90. The molecule has 0 unspecified atom stereocenters. The summed E-state index contributed by atoms with van der Waals surface area (Å²) in [5.41, 5.74) is -1.29. The normalized spacial score (nSPS) is 24.8. The molecule has 172 valence electrons. The summed E-state index contributed by atoms with van der Waals surface area (Å²) in [6.45, 7) is 6.32. The van der Waals surface area contributed by atoms with Crippen LogP contribution in [0.5, 0.6) is 0 Å². The number of ether oxygens (including phenoxy) is 1. The number of alkyl halides is 3. The molecule has 0 radical (unpaired) electrons. The highest BCUT2D eigenvalue weighted by Crippen LogP contribution is 2.46. The van der Waals surface area contributed by atoms with E-state index in [2.05, 4.69) is 0 Å². The lowest BCUT2D eigenvalue weighted by atomic mass is 9.74. The summed E-state index contributed by atoms with van der Waals surface area (Å²) in [6.07, 6.45) is -3.49. The Morgan fingerprint density at radius 1 is 1.29 bits per heavy atom. The van der Waals surface area contributed by atoms with Crippen LogP contribution < -0.4 is 4.90 Å². The maximum atomic E-state index is 13.4. The van der Waals surface area contributed by atoms with Crippen LogP contribution in [0.25, 0.3) is 0 Å². The van der Waals surface area contributed by atoms with Crippen molar-refractivity contribution in [2.45, 2.75) is 32.9 Å². The molecular formula is C21H28F3N3O3S. The summed E-state index contributed by atoms with van der Waals surface area (Å²) in [7, 11) is -3.35. The van der Waals surface area contributed by atoms with E-state index in [4.69, 9.17) is 10.00 Å². The number of halogens is 3. The molecule has 1 aromatic carbocycles. The van der Waals surface area contributed by atoms with Crippen molar-refractivity contribution in [2.75, 3.05) is 50.0 Å². The van der Waals surface area contributed by atoms with Gasteiger partial charge in [0.05, 0.1) is 29.6 Å². The second-order valence-corrected chi connectivity index (χ2v) is 10.4. The van der Waals surface area contributed by atoms with Gasteiger partial charge in [0.2, 0.25) is 10.0 Å². The standard InChI is InChI=1S/C21H28F3N3O3S/c1-3-9-31(28,29)27-8-7-20(15-30-4-2)14-26(12-17(20)13-27)18-6-5-16(11-25)19(10-18)21(22,23)24/h5-6,10,17H,3-4,7-9,12-15H2,1-2H3/t17-,20-/m0/s1. The van der Waals surface area contributed by atoms with Crippen LogP contribution in [-0.2, 0) is 20.9 Å². The van der Waals surface area contributed by atoms with E-state index in [1.807, 2.05) is 18.7 Å². The number of hydrogen-bond acceptors (Lipinski definition) is 5. The van der Waals surface area contributed by atoms with E-state index in [0.29, 0.717) is 57.9 Å². The molecular weight excluding hydrogens is 431 g/mol. The topological polar surface area (TPSA) is 73.6 Å². The van der Waals surface area contributed by atoms with Crippen LogP contribution in [0.4, 0.5) is 18.9 Å². The molecule has 0 amide bonds. The number of benzene rings is 1. The quantitative estimate of drug-likeness (QED) is 0.624. The van der Waals surface area contributed by atoms with Crippen LogP contribution in [0.15, 0.2) is 18.2 Å². The second-order valence-electron chi connectivity index (χ2n) is 8.34. The Bertz CT molecular complexity index is 945. The summed E-state index contributed by atoms with van der Waals surface area (Å²) in [4.78, 5) is 1.87. The zero-order valence-corrected chi connectivity index (χ0v) is 18.6. The fourth-order valence-corrected chi connectivity index (χ4v) is 6.24. The van der Waals surface area contributed by atoms with E-state index in [9.17, 15) is 21.6 Å². The summed E-state index contributed by atoms with van der Waals surface area (Å²) in [6, 6.07) is 5.37. The molecule has 1 aromatic rings. The van der Waals surface area contributed by atoms with E-state index >= 15 is 0 Å². The van der Waals surface area contributed by atoms with E-state index in [0.717, 1.165) is 6.07 Å². The minimum absolute atomic E-state index is 0.0515. The molecule has 31 heavy (non-hydrogen) atoms. The van der Waals surface area contributed by atoms with Gasteiger partial charge in [-0.1, -0.05) is 6.92 Å². The van der Waals surface area contributed by atoms with Gasteiger partial charge in [0.25, 0.3) is 0 Å². The van der Waals surface area contributed by atoms with Gasteiger partial charge >= 0.3 is 6.18 Å². The highest BCUT2D eigenvalue weighted by Gasteiger charge is 2.51. The molecule has 2 heterocycles. The van der Waals surface area contributed by atoms with Gasteiger partial charge in [-0.3, -0.25) is 0 Å². The lowest BCUT2D eigenvalue weighted by molar-refractivity contribution is -0.137. The molecule has 0 aliphatic carbocycles. The molecule has 2 fully saturated rings. The van der Waals surface area contributed by atoms with Crippen molar-refractivity contribution in [1.82, 2.24) is 4.31 Å². The van der Waals surface area contributed by atoms with E-state index < -0.39 is 27.3 Å². The second kappa shape index (κ2) is 8.96. The third-order valence-electron chi connectivity index (χ3n) is 6.34. The molecule has 0 N–H and O–H groups in total. The average Bonchev–Trinajstić information content (AvgIpc) is 3.10. The SMILES string of the molecule is CCCS(=O)(=O)N1CC[C@@]2(COCC)CN(c3ccc(C#N)c(C(F)(F)F)c3)C[C@H]2C1. The zero-order chi connectivity index (χ0) is 22.9. The van der Waals surface area contributed by atoms with E-state index in [1.165, 1.54) is 16.4 Å². The maximum Gasteiger partial charge on any atom is 0.417 e. The fraction of sp³-hybridized carbons (Fsp3) is 0.667. The number of fused-ring (bicyclic) bond motifs is 1. The minimum atomic E-state index is -4.62. The van der Waals surface area contributed by atoms with Crippen LogP contribution in [0.3, 0.4) is 0 Å². The molecule has 2 atom stereocenters. The smallest absolute Gasteiger partial charge is 0.381 e. The van der Waals surface area contributed by atoms with Crippen LogP contribution in [0, 0.1) is 22.7 Å². The first-order valence-electron chi connectivity index (χ1n) is 10.5. The third-order valence-corrected chi connectivity index (χ3v) is 8.38. The summed E-state index contributed by atoms with van der Waals surface area (Å²) >= 11 is 0. The van der Waals surface area contributed by atoms with Gasteiger partial charge in [0.1, 0.15) is 0 Å². The minimum Gasteiger partial charge on any atom is -0.381 e. The average molecular weight is 460 g/mol. The van der Waals surface area contributed by atoms with E-state index in [-0.39, 0.29) is 17.1 Å². The van der Waals surface area contributed by atoms with Crippen molar-refractivity contribution >= 4 is 15.7 Å². The Hall–Kier alpha value is -1.83. The Morgan fingerprint density at radius 3 is 2.65 bits per heavy atom. The number of anilines is 1. The highest BCUT2D eigenvalue weighted by atomic mass is 32.2. The predicted octanol–water partition coefficient (Wildman–Crippen LogP) is 3.48. The van der Waals surface area contributed by atoms with Crippen molar-refractivity contribution in [2.24, 2.45) is 11.3 Å². The monoisotopic (exact) mass is 459 g/mol.